The molecule has 1 fully saturated rings. The zero-order valence-corrected chi connectivity index (χ0v) is 12.2. The molecule has 0 spiro atoms. The van der Waals surface area contributed by atoms with Crippen molar-refractivity contribution in [1.29, 1.82) is 0 Å². The van der Waals surface area contributed by atoms with E-state index in [0.29, 0.717) is 26.0 Å². The third-order valence-electron chi connectivity index (χ3n) is 3.72. The molecule has 1 aromatic heterocycles. The number of carbonyl (C=O) groups excluding carboxylic acids is 1. The van der Waals surface area contributed by atoms with Crippen molar-refractivity contribution >= 4 is 17.2 Å². The molecule has 0 aromatic carbocycles. The number of hydrogen-bond donors (Lipinski definition) is 2. The molecule has 0 saturated carbocycles. The molecular formula is C14H22N2O2S. The van der Waals surface area contributed by atoms with Crippen LogP contribution in [-0.2, 0) is 16.1 Å². The molecule has 5 heteroatoms. The predicted molar refractivity (Wildman–Crippen MR) is 77.0 cm³/mol. The van der Waals surface area contributed by atoms with Gasteiger partial charge in [-0.1, -0.05) is 19.4 Å². The Morgan fingerprint density at radius 2 is 2.53 bits per heavy atom. The summed E-state index contributed by atoms with van der Waals surface area (Å²) in [5, 5.41) is 5.42. The smallest absolute Gasteiger partial charge is 0.237 e. The number of rotatable bonds is 6. The number of nitrogens with one attached hydrogen (secondary N) is 1. The summed E-state index contributed by atoms with van der Waals surface area (Å²) in [4.78, 5) is 13.1. The maximum Gasteiger partial charge on any atom is 0.237 e. The van der Waals surface area contributed by atoms with Gasteiger partial charge in [0.1, 0.15) is 5.54 Å². The highest BCUT2D eigenvalue weighted by Gasteiger charge is 2.41. The van der Waals surface area contributed by atoms with Gasteiger partial charge in [0.15, 0.2) is 0 Å². The molecule has 4 nitrogen and oxygen atoms in total. The van der Waals surface area contributed by atoms with Gasteiger partial charge in [0, 0.05) is 24.4 Å². The van der Waals surface area contributed by atoms with E-state index in [0.717, 1.165) is 12.8 Å². The Balaban J connectivity index is 2.02. The first-order valence-electron chi connectivity index (χ1n) is 6.85. The Morgan fingerprint density at radius 1 is 1.68 bits per heavy atom. The molecule has 2 rings (SSSR count). The summed E-state index contributed by atoms with van der Waals surface area (Å²) in [7, 11) is 0. The lowest BCUT2D eigenvalue weighted by Gasteiger charge is -2.39. The average molecular weight is 282 g/mol. The van der Waals surface area contributed by atoms with Crippen molar-refractivity contribution in [3.63, 3.8) is 0 Å². The molecule has 0 bridgehead atoms. The highest BCUT2D eigenvalue weighted by atomic mass is 32.1. The monoisotopic (exact) mass is 282 g/mol. The van der Waals surface area contributed by atoms with Gasteiger partial charge in [-0.25, -0.2) is 0 Å². The minimum atomic E-state index is -0.609. The van der Waals surface area contributed by atoms with Gasteiger partial charge in [0.05, 0.1) is 6.10 Å². The van der Waals surface area contributed by atoms with E-state index in [2.05, 4.69) is 18.3 Å². The van der Waals surface area contributed by atoms with E-state index in [9.17, 15) is 4.79 Å². The molecule has 1 saturated heterocycles. The van der Waals surface area contributed by atoms with Gasteiger partial charge in [-0.15, -0.1) is 11.3 Å². The van der Waals surface area contributed by atoms with E-state index >= 15 is 0 Å². The Bertz CT molecular complexity index is 406. The van der Waals surface area contributed by atoms with Crippen LogP contribution in [-0.4, -0.2) is 24.2 Å². The standard InChI is InChI=1S/C14H22N2O2S/c1-2-4-11-9-14(13(15)17,6-7-18-11)16-10-12-5-3-8-19-12/h3,5,8,11,16H,2,4,6-7,9-10H2,1H3,(H2,15,17). The Hall–Kier alpha value is -0.910. The van der Waals surface area contributed by atoms with Gasteiger partial charge in [0.25, 0.3) is 0 Å². The highest BCUT2D eigenvalue weighted by molar-refractivity contribution is 7.09. The molecule has 0 radical (unpaired) electrons. The van der Waals surface area contributed by atoms with Crippen LogP contribution in [0.4, 0.5) is 0 Å². The number of carbonyl (C=O) groups is 1. The fraction of sp³-hybridized carbons (Fsp3) is 0.643. The van der Waals surface area contributed by atoms with Gasteiger partial charge in [-0.2, -0.15) is 0 Å². The number of amides is 1. The lowest BCUT2D eigenvalue weighted by atomic mass is 9.84. The molecule has 1 aliphatic rings. The third-order valence-corrected chi connectivity index (χ3v) is 4.60. The summed E-state index contributed by atoms with van der Waals surface area (Å²) < 4.78 is 5.72. The molecule has 106 valence electrons. The van der Waals surface area contributed by atoms with Crippen LogP contribution in [0.5, 0.6) is 0 Å². The maximum atomic E-state index is 11.9. The van der Waals surface area contributed by atoms with Gasteiger partial charge < -0.3 is 10.5 Å². The van der Waals surface area contributed by atoms with Crippen molar-refractivity contribution in [3.8, 4) is 0 Å². The Labute approximate surface area is 118 Å². The fourth-order valence-corrected chi connectivity index (χ4v) is 3.24. The van der Waals surface area contributed by atoms with E-state index in [1.165, 1.54) is 4.88 Å². The number of ether oxygens (including phenoxy) is 1. The van der Waals surface area contributed by atoms with Gasteiger partial charge in [0.2, 0.25) is 5.91 Å². The quantitative estimate of drug-likeness (QED) is 0.839. The summed E-state index contributed by atoms with van der Waals surface area (Å²) in [6, 6.07) is 4.08. The van der Waals surface area contributed by atoms with E-state index in [1.54, 1.807) is 11.3 Å². The maximum absolute atomic E-state index is 11.9. The first kappa shape index (κ1) is 14.5. The van der Waals surface area contributed by atoms with E-state index in [4.69, 9.17) is 10.5 Å². The van der Waals surface area contributed by atoms with Crippen molar-refractivity contribution in [2.24, 2.45) is 5.73 Å². The minimum Gasteiger partial charge on any atom is -0.378 e. The van der Waals surface area contributed by atoms with Crippen molar-refractivity contribution in [1.82, 2.24) is 5.32 Å². The summed E-state index contributed by atoms with van der Waals surface area (Å²) in [6.45, 7) is 3.42. The van der Waals surface area contributed by atoms with Crippen molar-refractivity contribution < 1.29 is 9.53 Å². The zero-order valence-electron chi connectivity index (χ0n) is 11.4. The van der Waals surface area contributed by atoms with E-state index in [1.807, 2.05) is 11.4 Å². The Kier molecular flexibility index (Phi) is 4.96. The van der Waals surface area contributed by atoms with Gasteiger partial charge in [-0.3, -0.25) is 10.1 Å². The molecular weight excluding hydrogens is 260 g/mol. The fourth-order valence-electron chi connectivity index (χ4n) is 2.60. The molecule has 2 heterocycles. The van der Waals surface area contributed by atoms with Crippen molar-refractivity contribution in [2.75, 3.05) is 6.61 Å². The van der Waals surface area contributed by atoms with Crippen LogP contribution in [0.15, 0.2) is 17.5 Å². The van der Waals surface area contributed by atoms with Gasteiger partial charge >= 0.3 is 0 Å². The normalized spacial score (nSPS) is 27.3. The zero-order chi connectivity index (χ0) is 13.7. The first-order chi connectivity index (χ1) is 9.16. The van der Waals surface area contributed by atoms with Crippen LogP contribution in [0.1, 0.15) is 37.5 Å². The molecule has 1 aromatic rings. The summed E-state index contributed by atoms with van der Waals surface area (Å²) in [5.74, 6) is -0.256. The average Bonchev–Trinajstić information content (AvgIpc) is 2.90. The molecule has 0 aliphatic carbocycles. The lowest BCUT2D eigenvalue weighted by Crippen LogP contribution is -2.59. The highest BCUT2D eigenvalue weighted by Crippen LogP contribution is 2.28. The van der Waals surface area contributed by atoms with Crippen LogP contribution in [0.2, 0.25) is 0 Å². The van der Waals surface area contributed by atoms with Crippen molar-refractivity contribution in [3.05, 3.63) is 22.4 Å². The summed E-state index contributed by atoms with van der Waals surface area (Å²) in [6.07, 6.45) is 3.53. The Morgan fingerprint density at radius 3 is 3.16 bits per heavy atom. The number of primary amides is 1. The molecule has 19 heavy (non-hydrogen) atoms. The molecule has 2 atom stereocenters. The lowest BCUT2D eigenvalue weighted by molar-refractivity contribution is -0.131. The van der Waals surface area contributed by atoms with Crippen LogP contribution < -0.4 is 11.1 Å². The molecule has 1 amide bonds. The topological polar surface area (TPSA) is 64.3 Å². The largest absolute Gasteiger partial charge is 0.378 e. The van der Waals surface area contributed by atoms with E-state index < -0.39 is 5.54 Å². The van der Waals surface area contributed by atoms with Crippen LogP contribution in [0.25, 0.3) is 0 Å². The number of hydrogen-bond acceptors (Lipinski definition) is 4. The molecule has 1 aliphatic heterocycles. The second-order valence-corrected chi connectivity index (χ2v) is 6.15. The van der Waals surface area contributed by atoms with Gasteiger partial charge in [-0.05, 0) is 24.3 Å². The summed E-state index contributed by atoms with van der Waals surface area (Å²) in [5.41, 5.74) is 5.04. The van der Waals surface area contributed by atoms with Crippen LogP contribution in [0, 0.1) is 0 Å². The predicted octanol–water partition coefficient (Wildman–Crippen LogP) is 2.04. The van der Waals surface area contributed by atoms with Crippen LogP contribution in [0.3, 0.4) is 0 Å². The second kappa shape index (κ2) is 6.50. The SMILES string of the molecule is CCCC1CC(NCc2cccs2)(C(N)=O)CCO1. The number of thiophene rings is 1. The summed E-state index contributed by atoms with van der Waals surface area (Å²) >= 11 is 1.69. The molecule has 3 N–H and O–H groups in total. The van der Waals surface area contributed by atoms with E-state index in [-0.39, 0.29) is 12.0 Å². The third kappa shape index (κ3) is 3.55. The molecule has 2 unspecified atom stereocenters. The first-order valence-corrected chi connectivity index (χ1v) is 7.73. The number of nitrogens with two attached hydrogens (primary N) is 1. The minimum absolute atomic E-state index is 0.141. The van der Waals surface area contributed by atoms with Crippen LogP contribution >= 0.6 is 11.3 Å². The van der Waals surface area contributed by atoms with Crippen molar-refractivity contribution in [2.45, 2.75) is 50.8 Å². The second-order valence-electron chi connectivity index (χ2n) is 5.11.